The summed E-state index contributed by atoms with van der Waals surface area (Å²) in [4.78, 5) is 2.39. The Hall–Kier alpha value is -1.02. The van der Waals surface area contributed by atoms with Crippen molar-refractivity contribution in [1.29, 1.82) is 0 Å². The second-order valence-corrected chi connectivity index (χ2v) is 4.59. The number of rotatable bonds is 4. The van der Waals surface area contributed by atoms with Crippen molar-refractivity contribution in [1.82, 2.24) is 4.90 Å². The third-order valence-electron chi connectivity index (χ3n) is 3.45. The fraction of sp³-hybridized carbons (Fsp3) is 0.571. The van der Waals surface area contributed by atoms with Crippen molar-refractivity contribution in [3.05, 3.63) is 29.8 Å². The second-order valence-electron chi connectivity index (χ2n) is 4.59. The van der Waals surface area contributed by atoms with Crippen molar-refractivity contribution < 1.29 is 4.74 Å². The van der Waals surface area contributed by atoms with Crippen molar-refractivity contribution in [2.45, 2.75) is 32.2 Å². The summed E-state index contributed by atoms with van der Waals surface area (Å²) in [5.74, 6) is 0.998. The van der Waals surface area contributed by atoms with Gasteiger partial charge < -0.3 is 9.64 Å². The third kappa shape index (κ3) is 2.76. The number of hydrogen-bond acceptors (Lipinski definition) is 2. The number of hydrogen-bond donors (Lipinski definition) is 0. The average Bonchev–Trinajstić information content (AvgIpc) is 2.73. The van der Waals surface area contributed by atoms with Gasteiger partial charge in [-0.1, -0.05) is 19.1 Å². The van der Waals surface area contributed by atoms with E-state index in [1.165, 1.54) is 24.9 Å². The number of nitrogens with zero attached hydrogens (tertiary/aromatic N) is 1. The lowest BCUT2D eigenvalue weighted by atomic mass is 10.2. The maximum absolute atomic E-state index is 5.82. The Morgan fingerprint density at radius 2 is 2.06 bits per heavy atom. The molecule has 0 bridgehead atoms. The summed E-state index contributed by atoms with van der Waals surface area (Å²) in [5.41, 5.74) is 1.37. The van der Waals surface area contributed by atoms with E-state index in [0.29, 0.717) is 6.04 Å². The van der Waals surface area contributed by atoms with Crippen LogP contribution in [0.5, 0.6) is 5.75 Å². The van der Waals surface area contributed by atoms with Crippen LogP contribution in [0.3, 0.4) is 0 Å². The Morgan fingerprint density at radius 1 is 1.31 bits per heavy atom. The molecule has 1 fully saturated rings. The molecule has 0 spiro atoms. The number of ether oxygens (including phenoxy) is 1. The monoisotopic (exact) mass is 219 g/mol. The molecule has 1 aliphatic heterocycles. The van der Waals surface area contributed by atoms with Gasteiger partial charge in [0.25, 0.3) is 0 Å². The third-order valence-corrected chi connectivity index (χ3v) is 3.45. The molecule has 0 radical (unpaired) electrons. The van der Waals surface area contributed by atoms with E-state index in [-0.39, 0.29) is 0 Å². The molecular formula is C14H21NO. The molecule has 0 aromatic heterocycles. The van der Waals surface area contributed by atoms with E-state index >= 15 is 0 Å². The Kier molecular flexibility index (Phi) is 3.83. The van der Waals surface area contributed by atoms with Crippen LogP contribution in [0, 0.1) is 0 Å². The van der Waals surface area contributed by atoms with Gasteiger partial charge in [0.05, 0.1) is 0 Å². The lowest BCUT2D eigenvalue weighted by Gasteiger charge is -2.19. The highest BCUT2D eigenvalue weighted by molar-refractivity contribution is 5.27. The predicted molar refractivity (Wildman–Crippen MR) is 67.0 cm³/mol. The van der Waals surface area contributed by atoms with Crippen LogP contribution >= 0.6 is 0 Å². The molecule has 0 N–H and O–H groups in total. The average molecular weight is 219 g/mol. The van der Waals surface area contributed by atoms with Crippen LogP contribution in [-0.2, 0) is 6.42 Å². The van der Waals surface area contributed by atoms with Gasteiger partial charge >= 0.3 is 0 Å². The summed E-state index contributed by atoms with van der Waals surface area (Å²) in [6.07, 6.45) is 3.66. The first-order valence-electron chi connectivity index (χ1n) is 6.21. The van der Waals surface area contributed by atoms with Gasteiger partial charge in [-0.2, -0.15) is 0 Å². The molecule has 0 amide bonds. The first-order chi connectivity index (χ1) is 7.79. The normalized spacial score (nSPS) is 21.2. The largest absolute Gasteiger partial charge is 0.492 e. The number of aryl methyl sites for hydroxylation is 1. The van der Waals surface area contributed by atoms with Crippen LogP contribution in [0.1, 0.15) is 25.3 Å². The summed E-state index contributed by atoms with van der Waals surface area (Å²) >= 11 is 0. The van der Waals surface area contributed by atoms with Gasteiger partial charge in [-0.05, 0) is 50.6 Å². The Labute approximate surface area is 98.2 Å². The summed E-state index contributed by atoms with van der Waals surface area (Å²) in [6, 6.07) is 9.05. The first-order valence-corrected chi connectivity index (χ1v) is 6.21. The zero-order valence-corrected chi connectivity index (χ0v) is 10.3. The molecule has 0 saturated carbocycles. The van der Waals surface area contributed by atoms with E-state index in [2.05, 4.69) is 43.1 Å². The van der Waals surface area contributed by atoms with Gasteiger partial charge in [-0.3, -0.25) is 0 Å². The highest BCUT2D eigenvalue weighted by Crippen LogP contribution is 2.18. The first kappa shape index (κ1) is 11.5. The fourth-order valence-corrected chi connectivity index (χ4v) is 2.20. The zero-order chi connectivity index (χ0) is 11.4. The van der Waals surface area contributed by atoms with Gasteiger partial charge in [0.2, 0.25) is 0 Å². The van der Waals surface area contributed by atoms with E-state index in [1.807, 2.05) is 0 Å². The minimum Gasteiger partial charge on any atom is -0.492 e. The van der Waals surface area contributed by atoms with Gasteiger partial charge in [0.15, 0.2) is 0 Å². The summed E-state index contributed by atoms with van der Waals surface area (Å²) in [7, 11) is 2.18. The van der Waals surface area contributed by atoms with E-state index in [9.17, 15) is 0 Å². The van der Waals surface area contributed by atoms with E-state index in [1.54, 1.807) is 0 Å². The molecule has 1 heterocycles. The van der Waals surface area contributed by atoms with Crippen LogP contribution in [-0.4, -0.2) is 31.1 Å². The Balaban J connectivity index is 1.84. The van der Waals surface area contributed by atoms with Gasteiger partial charge in [0, 0.05) is 6.04 Å². The van der Waals surface area contributed by atoms with E-state index in [0.717, 1.165) is 18.8 Å². The lowest BCUT2D eigenvalue weighted by molar-refractivity contribution is 0.198. The molecule has 16 heavy (non-hydrogen) atoms. The molecule has 1 atom stereocenters. The van der Waals surface area contributed by atoms with Gasteiger partial charge in [0.1, 0.15) is 12.4 Å². The Bertz CT molecular complexity index is 320. The molecule has 1 unspecified atom stereocenters. The van der Waals surface area contributed by atoms with Crippen LogP contribution in [0.25, 0.3) is 0 Å². The summed E-state index contributed by atoms with van der Waals surface area (Å²) in [5, 5.41) is 0. The van der Waals surface area contributed by atoms with Gasteiger partial charge in [-0.15, -0.1) is 0 Å². The molecule has 1 aromatic carbocycles. The molecule has 1 aliphatic rings. The van der Waals surface area contributed by atoms with Crippen LogP contribution in [0.15, 0.2) is 24.3 Å². The number of likely N-dealkylation sites (N-methyl/N-ethyl adjacent to an activating group) is 1. The maximum Gasteiger partial charge on any atom is 0.119 e. The van der Waals surface area contributed by atoms with E-state index < -0.39 is 0 Å². The van der Waals surface area contributed by atoms with Crippen LogP contribution in [0.2, 0.25) is 0 Å². The van der Waals surface area contributed by atoms with Crippen LogP contribution in [0.4, 0.5) is 0 Å². The molecular weight excluding hydrogens is 198 g/mol. The molecule has 1 saturated heterocycles. The van der Waals surface area contributed by atoms with Crippen molar-refractivity contribution in [2.24, 2.45) is 0 Å². The molecule has 2 nitrogen and oxygen atoms in total. The SMILES string of the molecule is CCc1ccc(OCC2CCCN2C)cc1. The molecule has 2 rings (SSSR count). The van der Waals surface area contributed by atoms with E-state index in [4.69, 9.17) is 4.74 Å². The number of likely N-dealkylation sites (tertiary alicyclic amines) is 1. The number of benzene rings is 1. The molecule has 2 heteroatoms. The van der Waals surface area contributed by atoms with Crippen molar-refractivity contribution >= 4 is 0 Å². The summed E-state index contributed by atoms with van der Waals surface area (Å²) in [6.45, 7) is 4.20. The highest BCUT2D eigenvalue weighted by atomic mass is 16.5. The van der Waals surface area contributed by atoms with Crippen LogP contribution < -0.4 is 4.74 Å². The van der Waals surface area contributed by atoms with Crippen molar-refractivity contribution in [2.75, 3.05) is 20.2 Å². The van der Waals surface area contributed by atoms with Gasteiger partial charge in [-0.25, -0.2) is 0 Å². The highest BCUT2D eigenvalue weighted by Gasteiger charge is 2.21. The lowest BCUT2D eigenvalue weighted by Crippen LogP contribution is -2.30. The standard InChI is InChI=1S/C14H21NO/c1-3-12-6-8-14(9-7-12)16-11-13-5-4-10-15(13)2/h6-9,13H,3-5,10-11H2,1-2H3. The van der Waals surface area contributed by atoms with Crippen molar-refractivity contribution in [3.8, 4) is 5.75 Å². The maximum atomic E-state index is 5.82. The Morgan fingerprint density at radius 3 is 2.62 bits per heavy atom. The second kappa shape index (κ2) is 5.35. The molecule has 0 aliphatic carbocycles. The fourth-order valence-electron chi connectivity index (χ4n) is 2.20. The minimum atomic E-state index is 0.603. The summed E-state index contributed by atoms with van der Waals surface area (Å²) < 4.78 is 5.82. The van der Waals surface area contributed by atoms with Crippen molar-refractivity contribution in [3.63, 3.8) is 0 Å². The zero-order valence-electron chi connectivity index (χ0n) is 10.3. The molecule has 88 valence electrons. The predicted octanol–water partition coefficient (Wildman–Crippen LogP) is 2.72. The smallest absolute Gasteiger partial charge is 0.119 e. The topological polar surface area (TPSA) is 12.5 Å². The molecule has 1 aromatic rings. The minimum absolute atomic E-state index is 0.603. The quantitative estimate of drug-likeness (QED) is 0.772.